The van der Waals surface area contributed by atoms with Gasteiger partial charge in [-0.2, -0.15) is 0 Å². The highest BCUT2D eigenvalue weighted by Gasteiger charge is 2.34. The number of nitro groups is 1. The third kappa shape index (κ3) is 3.04. The zero-order chi connectivity index (χ0) is 13.9. The van der Waals surface area contributed by atoms with E-state index >= 15 is 0 Å². The van der Waals surface area contributed by atoms with E-state index in [1.165, 1.54) is 24.3 Å². The van der Waals surface area contributed by atoms with Gasteiger partial charge in [-0.05, 0) is 25.0 Å². The van der Waals surface area contributed by atoms with Gasteiger partial charge in [0, 0.05) is 23.6 Å². The first kappa shape index (κ1) is 13.8. The van der Waals surface area contributed by atoms with E-state index in [0.717, 1.165) is 25.7 Å². The molecule has 0 saturated heterocycles. The van der Waals surface area contributed by atoms with Gasteiger partial charge in [0.2, 0.25) is 0 Å². The summed E-state index contributed by atoms with van der Waals surface area (Å²) in [5, 5.41) is 13.5. The van der Waals surface area contributed by atoms with Crippen LogP contribution in [0.25, 0.3) is 0 Å². The topological polar surface area (TPSA) is 72.2 Å². The number of nitrogens with one attached hydrogen (secondary N) is 1. The summed E-state index contributed by atoms with van der Waals surface area (Å²) in [4.78, 5) is 22.2. The van der Waals surface area contributed by atoms with Crippen molar-refractivity contribution in [1.29, 1.82) is 0 Å². The van der Waals surface area contributed by atoms with E-state index in [2.05, 4.69) is 5.32 Å². The summed E-state index contributed by atoms with van der Waals surface area (Å²) in [5.41, 5.74) is 0.0758. The number of carbonyl (C=O) groups is 1. The Morgan fingerprint density at radius 3 is 2.37 bits per heavy atom. The van der Waals surface area contributed by atoms with Crippen LogP contribution < -0.4 is 5.32 Å². The van der Waals surface area contributed by atoms with E-state index < -0.39 is 4.92 Å². The fraction of sp³-hybridized carbons (Fsp3) is 0.462. The van der Waals surface area contributed by atoms with E-state index in [1.54, 1.807) is 0 Å². The van der Waals surface area contributed by atoms with E-state index in [4.69, 9.17) is 11.6 Å². The second-order valence-electron chi connectivity index (χ2n) is 4.88. The van der Waals surface area contributed by atoms with Crippen LogP contribution in [0.15, 0.2) is 24.3 Å². The molecule has 0 spiro atoms. The molecule has 0 unspecified atom stereocenters. The molecule has 2 rings (SSSR count). The fourth-order valence-electron chi connectivity index (χ4n) is 2.39. The average molecular weight is 283 g/mol. The molecule has 1 amide bonds. The van der Waals surface area contributed by atoms with Gasteiger partial charge >= 0.3 is 0 Å². The van der Waals surface area contributed by atoms with E-state index in [9.17, 15) is 14.9 Å². The van der Waals surface area contributed by atoms with Crippen LogP contribution in [0.4, 0.5) is 5.69 Å². The monoisotopic (exact) mass is 282 g/mol. The van der Waals surface area contributed by atoms with Crippen LogP contribution in [-0.4, -0.2) is 22.2 Å². The van der Waals surface area contributed by atoms with Crippen molar-refractivity contribution in [3.63, 3.8) is 0 Å². The molecule has 1 aliphatic carbocycles. The molecule has 0 heterocycles. The van der Waals surface area contributed by atoms with Gasteiger partial charge in [-0.15, -0.1) is 11.6 Å². The summed E-state index contributed by atoms with van der Waals surface area (Å²) < 4.78 is 0. The van der Waals surface area contributed by atoms with Gasteiger partial charge in [-0.25, -0.2) is 0 Å². The summed E-state index contributed by atoms with van der Waals surface area (Å²) in [6.07, 6.45) is 3.89. The van der Waals surface area contributed by atoms with Gasteiger partial charge in [0.05, 0.1) is 10.5 Å². The van der Waals surface area contributed by atoms with E-state index in [1.807, 2.05) is 0 Å². The maximum atomic E-state index is 12.1. The number of rotatable bonds is 4. The molecule has 5 nitrogen and oxygen atoms in total. The van der Waals surface area contributed by atoms with Gasteiger partial charge in [-0.3, -0.25) is 14.9 Å². The molecule has 0 bridgehead atoms. The van der Waals surface area contributed by atoms with Gasteiger partial charge in [0.25, 0.3) is 11.6 Å². The van der Waals surface area contributed by atoms with Crippen molar-refractivity contribution in [2.45, 2.75) is 31.2 Å². The molecule has 19 heavy (non-hydrogen) atoms. The predicted octanol–water partition coefficient (Wildman–Crippen LogP) is 2.88. The van der Waals surface area contributed by atoms with Gasteiger partial charge in [0.15, 0.2) is 0 Å². The Balaban J connectivity index is 2.09. The van der Waals surface area contributed by atoms with Gasteiger partial charge < -0.3 is 5.32 Å². The Hall–Kier alpha value is -1.62. The number of hydrogen-bond donors (Lipinski definition) is 1. The molecule has 1 aromatic rings. The average Bonchev–Trinajstić information content (AvgIpc) is 2.88. The molecule has 102 valence electrons. The fourth-order valence-corrected chi connectivity index (χ4v) is 2.73. The Labute approximate surface area is 116 Å². The van der Waals surface area contributed by atoms with Crippen molar-refractivity contribution in [2.75, 3.05) is 5.88 Å². The zero-order valence-electron chi connectivity index (χ0n) is 10.4. The number of carbonyl (C=O) groups excluding carboxylic acids is 1. The molecule has 1 aliphatic rings. The summed E-state index contributed by atoms with van der Waals surface area (Å²) >= 11 is 5.96. The maximum absolute atomic E-state index is 12.1. The molecule has 0 radical (unpaired) electrons. The van der Waals surface area contributed by atoms with Crippen LogP contribution >= 0.6 is 11.6 Å². The molecular formula is C13H15ClN2O3. The Morgan fingerprint density at radius 2 is 1.89 bits per heavy atom. The number of halogens is 1. The van der Waals surface area contributed by atoms with E-state index in [0.29, 0.717) is 11.4 Å². The molecule has 1 aromatic carbocycles. The molecule has 1 saturated carbocycles. The molecule has 0 aromatic heterocycles. The molecule has 1 fully saturated rings. The first-order valence-electron chi connectivity index (χ1n) is 6.19. The number of hydrogen-bond acceptors (Lipinski definition) is 3. The number of alkyl halides is 1. The minimum Gasteiger partial charge on any atom is -0.345 e. The number of nitrogens with zero attached hydrogens (tertiary/aromatic N) is 1. The first-order chi connectivity index (χ1) is 9.06. The van der Waals surface area contributed by atoms with Crippen LogP contribution in [0.1, 0.15) is 36.0 Å². The maximum Gasteiger partial charge on any atom is 0.269 e. The van der Waals surface area contributed by atoms with Crippen molar-refractivity contribution in [3.05, 3.63) is 39.9 Å². The van der Waals surface area contributed by atoms with Crippen molar-refractivity contribution in [3.8, 4) is 0 Å². The highest BCUT2D eigenvalue weighted by molar-refractivity contribution is 6.19. The van der Waals surface area contributed by atoms with Gasteiger partial charge in [0.1, 0.15) is 0 Å². The van der Waals surface area contributed by atoms with Crippen LogP contribution in [0.2, 0.25) is 0 Å². The number of non-ortho nitro benzene ring substituents is 1. The SMILES string of the molecule is O=C(NC1(CCl)CCCC1)c1ccc([N+](=O)[O-])cc1. The second kappa shape index (κ2) is 5.57. The second-order valence-corrected chi connectivity index (χ2v) is 5.15. The largest absolute Gasteiger partial charge is 0.345 e. The Bertz CT molecular complexity index is 481. The van der Waals surface area contributed by atoms with Crippen molar-refractivity contribution >= 4 is 23.2 Å². The minimum absolute atomic E-state index is 0.0236. The Kier molecular flexibility index (Phi) is 4.04. The van der Waals surface area contributed by atoms with Crippen molar-refractivity contribution < 1.29 is 9.72 Å². The molecule has 1 N–H and O–H groups in total. The number of amides is 1. The molecule has 0 aliphatic heterocycles. The smallest absolute Gasteiger partial charge is 0.269 e. The summed E-state index contributed by atoms with van der Waals surface area (Å²) in [5.74, 6) is 0.170. The lowest BCUT2D eigenvalue weighted by Gasteiger charge is -2.27. The molecule has 6 heteroatoms. The van der Waals surface area contributed by atoms with Crippen molar-refractivity contribution in [1.82, 2.24) is 5.32 Å². The first-order valence-corrected chi connectivity index (χ1v) is 6.73. The van der Waals surface area contributed by atoms with Crippen LogP contribution in [0.5, 0.6) is 0 Å². The Morgan fingerprint density at radius 1 is 1.32 bits per heavy atom. The third-order valence-corrected chi connectivity index (χ3v) is 4.05. The lowest BCUT2D eigenvalue weighted by molar-refractivity contribution is -0.384. The summed E-state index contributed by atoms with van der Waals surface area (Å²) in [7, 11) is 0. The predicted molar refractivity (Wildman–Crippen MR) is 72.5 cm³/mol. The third-order valence-electron chi connectivity index (χ3n) is 3.54. The molecule has 0 atom stereocenters. The lowest BCUT2D eigenvalue weighted by atomic mass is 9.99. The quantitative estimate of drug-likeness (QED) is 0.524. The van der Waals surface area contributed by atoms with Crippen LogP contribution in [0, 0.1) is 10.1 Å². The summed E-state index contributed by atoms with van der Waals surface area (Å²) in [6.45, 7) is 0. The number of benzene rings is 1. The van der Waals surface area contributed by atoms with E-state index in [-0.39, 0.29) is 17.1 Å². The zero-order valence-corrected chi connectivity index (χ0v) is 11.2. The normalized spacial score (nSPS) is 17.1. The highest BCUT2D eigenvalue weighted by atomic mass is 35.5. The summed E-state index contributed by atoms with van der Waals surface area (Å²) in [6, 6.07) is 5.59. The van der Waals surface area contributed by atoms with Crippen molar-refractivity contribution in [2.24, 2.45) is 0 Å². The highest BCUT2D eigenvalue weighted by Crippen LogP contribution is 2.31. The van der Waals surface area contributed by atoms with Crippen LogP contribution in [-0.2, 0) is 0 Å². The van der Waals surface area contributed by atoms with Crippen LogP contribution in [0.3, 0.4) is 0 Å². The minimum atomic E-state index is -0.487. The lowest BCUT2D eigenvalue weighted by Crippen LogP contribution is -2.47. The van der Waals surface area contributed by atoms with Gasteiger partial charge in [-0.1, -0.05) is 12.8 Å². The number of nitro benzene ring substituents is 1. The standard InChI is InChI=1S/C13H15ClN2O3/c14-9-13(7-1-2-8-13)15-12(17)10-3-5-11(6-4-10)16(18)19/h3-6H,1-2,7-9H2,(H,15,17). The molecular weight excluding hydrogens is 268 g/mol.